The molecule has 5 nitrogen and oxygen atoms in total. The van der Waals surface area contributed by atoms with Crippen molar-refractivity contribution in [2.75, 3.05) is 16.8 Å². The normalized spacial score (nSPS) is 12.1. The number of carbonyl (C=O) groups excluding carboxylic acids is 2. The topological polar surface area (TPSA) is 98.2 Å². The Balaban J connectivity index is 2.36. The molecule has 18 heavy (non-hydrogen) atoms. The summed E-state index contributed by atoms with van der Waals surface area (Å²) < 4.78 is 0. The Hall–Kier alpha value is -1.05. The van der Waals surface area contributed by atoms with Crippen molar-refractivity contribution in [3.05, 3.63) is 17.0 Å². The molecule has 0 bridgehead atoms. The Bertz CT molecular complexity index is 418. The molecule has 1 aromatic rings. The van der Waals surface area contributed by atoms with Gasteiger partial charge in [0.15, 0.2) is 0 Å². The van der Waals surface area contributed by atoms with Gasteiger partial charge in [-0.1, -0.05) is 0 Å². The van der Waals surface area contributed by atoms with Gasteiger partial charge in [0.1, 0.15) is 5.00 Å². The maximum atomic E-state index is 11.6. The van der Waals surface area contributed by atoms with Gasteiger partial charge in [0, 0.05) is 6.04 Å². The van der Waals surface area contributed by atoms with Crippen LogP contribution in [0.3, 0.4) is 0 Å². The highest BCUT2D eigenvalue weighted by Crippen LogP contribution is 2.22. The molecule has 0 radical (unpaired) electrons. The molecule has 0 aromatic carbocycles. The second kappa shape index (κ2) is 7.40. The highest BCUT2D eigenvalue weighted by molar-refractivity contribution is 7.99. The number of thiophene rings is 1. The summed E-state index contributed by atoms with van der Waals surface area (Å²) >= 11 is 2.81. The molecule has 0 fully saturated rings. The predicted molar refractivity (Wildman–Crippen MR) is 77.1 cm³/mol. The number of hydrogen-bond acceptors (Lipinski definition) is 5. The van der Waals surface area contributed by atoms with Crippen molar-refractivity contribution in [1.29, 1.82) is 0 Å². The first kappa shape index (κ1) is 15.0. The fraction of sp³-hybridized carbons (Fsp3) is 0.455. The minimum atomic E-state index is -0.531. The smallest absolute Gasteiger partial charge is 0.251 e. The highest BCUT2D eigenvalue weighted by atomic mass is 32.2. The molecular formula is C11H17N3O2S2. The van der Waals surface area contributed by atoms with Gasteiger partial charge in [-0.25, -0.2) is 0 Å². The van der Waals surface area contributed by atoms with E-state index in [2.05, 4.69) is 5.32 Å². The monoisotopic (exact) mass is 287 g/mol. The lowest BCUT2D eigenvalue weighted by Gasteiger charge is -2.06. The summed E-state index contributed by atoms with van der Waals surface area (Å²) in [6, 6.07) is 1.76. The van der Waals surface area contributed by atoms with Crippen LogP contribution in [0.1, 0.15) is 23.7 Å². The molecule has 1 rings (SSSR count). The van der Waals surface area contributed by atoms with Gasteiger partial charge in [0.25, 0.3) is 5.91 Å². The van der Waals surface area contributed by atoms with Gasteiger partial charge >= 0.3 is 0 Å². The number of anilines is 1. The third-order valence-electron chi connectivity index (χ3n) is 2.13. The van der Waals surface area contributed by atoms with E-state index in [1.807, 2.05) is 6.92 Å². The lowest BCUT2D eigenvalue weighted by atomic mass is 10.3. The average Bonchev–Trinajstić information content (AvgIpc) is 2.72. The second-order valence-electron chi connectivity index (χ2n) is 3.89. The molecule has 5 N–H and O–H groups in total. The first-order valence-corrected chi connectivity index (χ1v) is 7.54. The molecule has 1 aromatic heterocycles. The van der Waals surface area contributed by atoms with E-state index in [4.69, 9.17) is 11.5 Å². The van der Waals surface area contributed by atoms with Gasteiger partial charge in [0.05, 0.1) is 11.3 Å². The molecular weight excluding hydrogens is 270 g/mol. The molecule has 7 heteroatoms. The minimum Gasteiger partial charge on any atom is -0.366 e. The van der Waals surface area contributed by atoms with E-state index < -0.39 is 5.91 Å². The summed E-state index contributed by atoms with van der Waals surface area (Å²) in [5, 5.41) is 4.92. The van der Waals surface area contributed by atoms with Crippen LogP contribution in [-0.2, 0) is 4.79 Å². The number of hydrogen-bond donors (Lipinski definition) is 3. The SMILES string of the molecule is CC(N)CCSCC(=O)Nc1sccc1C(N)=O. The lowest BCUT2D eigenvalue weighted by Crippen LogP contribution is -2.19. The number of nitrogens with two attached hydrogens (primary N) is 2. The second-order valence-corrected chi connectivity index (χ2v) is 5.92. The van der Waals surface area contributed by atoms with E-state index in [-0.39, 0.29) is 11.9 Å². The van der Waals surface area contributed by atoms with Crippen molar-refractivity contribution in [3.63, 3.8) is 0 Å². The Labute approximate surface area is 114 Å². The summed E-state index contributed by atoms with van der Waals surface area (Å²) in [5.74, 6) is 0.534. The Morgan fingerprint density at radius 2 is 2.28 bits per heavy atom. The molecule has 0 aliphatic rings. The fourth-order valence-corrected chi connectivity index (χ4v) is 2.95. The molecule has 0 aliphatic heterocycles. The lowest BCUT2D eigenvalue weighted by molar-refractivity contribution is -0.113. The Morgan fingerprint density at radius 1 is 1.56 bits per heavy atom. The summed E-state index contributed by atoms with van der Waals surface area (Å²) in [5.41, 5.74) is 11.2. The van der Waals surface area contributed by atoms with Gasteiger partial charge in [-0.05, 0) is 30.5 Å². The van der Waals surface area contributed by atoms with Crippen LogP contribution in [-0.4, -0.2) is 29.4 Å². The van der Waals surface area contributed by atoms with Gasteiger partial charge in [0.2, 0.25) is 5.91 Å². The predicted octanol–water partition coefficient (Wildman–Crippen LogP) is 1.26. The van der Waals surface area contributed by atoms with Gasteiger partial charge in [-0.2, -0.15) is 11.8 Å². The molecule has 1 atom stereocenters. The van der Waals surface area contributed by atoms with Crippen molar-refractivity contribution >= 4 is 39.9 Å². The molecule has 2 amide bonds. The van der Waals surface area contributed by atoms with E-state index in [9.17, 15) is 9.59 Å². The number of rotatable bonds is 7. The number of carbonyl (C=O) groups is 2. The van der Waals surface area contributed by atoms with E-state index in [1.54, 1.807) is 11.4 Å². The molecule has 0 saturated carbocycles. The first-order valence-electron chi connectivity index (χ1n) is 5.51. The quantitative estimate of drug-likeness (QED) is 0.657. The standard InChI is InChI=1S/C11H17N3O2S2/c1-7(12)2-4-17-6-9(15)14-11-8(10(13)16)3-5-18-11/h3,5,7H,2,4,6,12H2,1H3,(H2,13,16)(H,14,15). The minimum absolute atomic E-state index is 0.130. The maximum Gasteiger partial charge on any atom is 0.251 e. The third-order valence-corrected chi connectivity index (χ3v) is 3.95. The van der Waals surface area contributed by atoms with Crippen LogP contribution in [0.4, 0.5) is 5.00 Å². The van der Waals surface area contributed by atoms with Gasteiger partial charge in [-0.3, -0.25) is 9.59 Å². The Morgan fingerprint density at radius 3 is 2.89 bits per heavy atom. The summed E-state index contributed by atoms with van der Waals surface area (Å²) in [4.78, 5) is 22.7. The van der Waals surface area contributed by atoms with E-state index in [0.717, 1.165) is 12.2 Å². The zero-order valence-electron chi connectivity index (χ0n) is 10.1. The molecule has 100 valence electrons. The van der Waals surface area contributed by atoms with E-state index in [1.165, 1.54) is 23.1 Å². The number of primary amides is 1. The van der Waals surface area contributed by atoms with Gasteiger partial charge in [-0.15, -0.1) is 11.3 Å². The van der Waals surface area contributed by atoms with Crippen molar-refractivity contribution in [2.24, 2.45) is 11.5 Å². The van der Waals surface area contributed by atoms with Crippen molar-refractivity contribution in [1.82, 2.24) is 0 Å². The van der Waals surface area contributed by atoms with E-state index >= 15 is 0 Å². The summed E-state index contributed by atoms with van der Waals surface area (Å²) in [6.45, 7) is 1.94. The van der Waals surface area contributed by atoms with Gasteiger partial charge < -0.3 is 16.8 Å². The van der Waals surface area contributed by atoms with Crippen LogP contribution in [0, 0.1) is 0 Å². The highest BCUT2D eigenvalue weighted by Gasteiger charge is 2.12. The number of thioether (sulfide) groups is 1. The maximum absolute atomic E-state index is 11.6. The molecule has 0 aliphatic carbocycles. The fourth-order valence-electron chi connectivity index (χ4n) is 1.20. The van der Waals surface area contributed by atoms with Crippen LogP contribution in [0.2, 0.25) is 0 Å². The van der Waals surface area contributed by atoms with Crippen molar-refractivity contribution in [3.8, 4) is 0 Å². The largest absolute Gasteiger partial charge is 0.366 e. The van der Waals surface area contributed by atoms with Crippen LogP contribution in [0.15, 0.2) is 11.4 Å². The van der Waals surface area contributed by atoms with Crippen molar-refractivity contribution < 1.29 is 9.59 Å². The molecule has 0 spiro atoms. The zero-order chi connectivity index (χ0) is 13.5. The third kappa shape index (κ3) is 5.07. The first-order chi connectivity index (χ1) is 8.50. The van der Waals surface area contributed by atoms with Crippen molar-refractivity contribution in [2.45, 2.75) is 19.4 Å². The molecule has 0 saturated heterocycles. The Kier molecular flexibility index (Phi) is 6.17. The number of amides is 2. The average molecular weight is 287 g/mol. The van der Waals surface area contributed by atoms with E-state index in [0.29, 0.717) is 16.3 Å². The van der Waals surface area contributed by atoms with Crippen LogP contribution in [0.5, 0.6) is 0 Å². The summed E-state index contributed by atoms with van der Waals surface area (Å²) in [7, 11) is 0. The van der Waals surface area contributed by atoms with Crippen LogP contribution >= 0.6 is 23.1 Å². The molecule has 1 unspecified atom stereocenters. The van der Waals surface area contributed by atoms with Crippen LogP contribution < -0.4 is 16.8 Å². The van der Waals surface area contributed by atoms with Crippen LogP contribution in [0.25, 0.3) is 0 Å². The summed E-state index contributed by atoms with van der Waals surface area (Å²) in [6.07, 6.45) is 0.878. The molecule has 1 heterocycles. The number of nitrogens with one attached hydrogen (secondary N) is 1. The zero-order valence-corrected chi connectivity index (χ0v) is 11.8.